The lowest BCUT2D eigenvalue weighted by Crippen LogP contribution is -2.56. The van der Waals surface area contributed by atoms with Crippen LogP contribution in [-0.4, -0.2) is 104 Å². The molecule has 1 N–H and O–H groups in total. The number of nitrogens with zero attached hydrogens (tertiary/aromatic N) is 3. The molecular formula is C39H66N4O4. The highest BCUT2D eigenvalue weighted by molar-refractivity contribution is 5.97. The SMILES string of the molecule is C[C@H]1CC[C@@]2(OC1)O[C@H]1C[C@H]3[C@@H]4CC[C@@H]5CC(NC(=O)CC(=O)N6CCCN(CCN(C)C)CC6)CC[C@]5(C)C4CC[C@]3(C)[C@H]1[C@@H]2C. The largest absolute Gasteiger partial charge is 0.353 e. The third-order valence-corrected chi connectivity index (χ3v) is 15.4. The monoisotopic (exact) mass is 655 g/mol. The maximum atomic E-state index is 13.2. The smallest absolute Gasteiger partial charge is 0.232 e. The first-order valence-electron chi connectivity index (χ1n) is 19.7. The zero-order chi connectivity index (χ0) is 33.1. The van der Waals surface area contributed by atoms with Crippen LogP contribution in [0.5, 0.6) is 0 Å². The van der Waals surface area contributed by atoms with Gasteiger partial charge in [0.25, 0.3) is 0 Å². The molecule has 1 spiro atoms. The summed E-state index contributed by atoms with van der Waals surface area (Å²) in [5.41, 5.74) is 0.722. The molecule has 47 heavy (non-hydrogen) atoms. The van der Waals surface area contributed by atoms with Crippen LogP contribution in [0.2, 0.25) is 0 Å². The van der Waals surface area contributed by atoms with E-state index in [0.29, 0.717) is 40.6 Å². The molecule has 266 valence electrons. The number of fused-ring (bicyclic) bond motifs is 7. The van der Waals surface area contributed by atoms with Gasteiger partial charge in [0.15, 0.2) is 5.79 Å². The van der Waals surface area contributed by atoms with E-state index < -0.39 is 0 Å². The van der Waals surface area contributed by atoms with E-state index in [-0.39, 0.29) is 30.1 Å². The Morgan fingerprint density at radius 1 is 0.894 bits per heavy atom. The van der Waals surface area contributed by atoms with Crippen LogP contribution < -0.4 is 5.32 Å². The number of rotatable bonds is 6. The molecule has 4 saturated carbocycles. The zero-order valence-electron chi connectivity index (χ0n) is 30.6. The van der Waals surface area contributed by atoms with Crippen LogP contribution in [-0.2, 0) is 19.1 Å². The van der Waals surface area contributed by atoms with Gasteiger partial charge < -0.3 is 29.5 Å². The molecule has 3 heterocycles. The molecule has 7 aliphatic rings. The number of likely N-dealkylation sites (N-methyl/N-ethyl adjacent to an activating group) is 1. The van der Waals surface area contributed by atoms with Gasteiger partial charge in [-0.05, 0) is 131 Å². The van der Waals surface area contributed by atoms with Gasteiger partial charge >= 0.3 is 0 Å². The van der Waals surface area contributed by atoms with E-state index in [0.717, 1.165) is 89.3 Å². The molecule has 8 nitrogen and oxygen atoms in total. The van der Waals surface area contributed by atoms with Gasteiger partial charge in [-0.25, -0.2) is 0 Å². The summed E-state index contributed by atoms with van der Waals surface area (Å²) in [6.07, 6.45) is 13.5. The second-order valence-electron chi connectivity index (χ2n) is 18.3. The number of carbonyl (C=O) groups is 2. The standard InChI is InChI=1S/C39H66N4O4/c1-26-10-15-39(46-25-26)27(2)36-33(47-39)23-32-30-9-8-28-22-29(11-13-37(28,3)31(30)12-14-38(32,36)4)40-34(44)24-35(45)43-17-7-16-42(20-21-43)19-18-41(5)6/h26-33,36H,7-25H2,1-6H3,(H,40,44)/t26-,27-,28+,29?,30+,31?,32-,33-,36-,37-,38-,39+/m0/s1. The molecule has 8 heteroatoms. The first kappa shape index (κ1) is 34.2. The van der Waals surface area contributed by atoms with Crippen molar-refractivity contribution >= 4 is 11.8 Å². The number of ether oxygens (including phenoxy) is 2. The van der Waals surface area contributed by atoms with Crippen molar-refractivity contribution in [3.63, 3.8) is 0 Å². The van der Waals surface area contributed by atoms with E-state index in [2.05, 4.69) is 56.9 Å². The number of hydrogen-bond acceptors (Lipinski definition) is 6. The van der Waals surface area contributed by atoms with Gasteiger partial charge in [0.05, 0.1) is 12.7 Å². The predicted octanol–water partition coefficient (Wildman–Crippen LogP) is 5.40. The zero-order valence-corrected chi connectivity index (χ0v) is 30.6. The van der Waals surface area contributed by atoms with E-state index in [9.17, 15) is 9.59 Å². The fourth-order valence-electron chi connectivity index (χ4n) is 12.7. The Morgan fingerprint density at radius 3 is 2.47 bits per heavy atom. The maximum absolute atomic E-state index is 13.2. The Balaban J connectivity index is 0.919. The minimum atomic E-state index is -0.330. The Kier molecular flexibility index (Phi) is 9.58. The van der Waals surface area contributed by atoms with Crippen LogP contribution in [0.4, 0.5) is 0 Å². The summed E-state index contributed by atoms with van der Waals surface area (Å²) in [6, 6.07) is 0.207. The molecule has 3 aliphatic heterocycles. The molecular weight excluding hydrogens is 588 g/mol. The highest BCUT2D eigenvalue weighted by Gasteiger charge is 2.69. The summed E-state index contributed by atoms with van der Waals surface area (Å²) in [5, 5.41) is 3.34. The van der Waals surface area contributed by atoms with Crippen molar-refractivity contribution in [1.29, 1.82) is 0 Å². The average Bonchev–Trinajstić information content (AvgIpc) is 3.33. The summed E-state index contributed by atoms with van der Waals surface area (Å²) < 4.78 is 13.5. The van der Waals surface area contributed by atoms with Gasteiger partial charge in [0.1, 0.15) is 6.42 Å². The van der Waals surface area contributed by atoms with Crippen LogP contribution in [0.15, 0.2) is 0 Å². The molecule has 0 aromatic heterocycles. The molecule has 4 aliphatic carbocycles. The second-order valence-corrected chi connectivity index (χ2v) is 18.3. The molecule has 12 atom stereocenters. The van der Waals surface area contributed by atoms with Crippen molar-refractivity contribution in [3.8, 4) is 0 Å². The van der Waals surface area contributed by atoms with Crippen molar-refractivity contribution in [1.82, 2.24) is 20.0 Å². The van der Waals surface area contributed by atoms with Crippen molar-refractivity contribution in [2.75, 3.05) is 60.0 Å². The van der Waals surface area contributed by atoms with E-state index in [1.165, 1.54) is 44.9 Å². The fraction of sp³-hybridized carbons (Fsp3) is 0.949. The van der Waals surface area contributed by atoms with Crippen molar-refractivity contribution < 1.29 is 19.1 Å². The molecule has 3 saturated heterocycles. The third-order valence-electron chi connectivity index (χ3n) is 15.4. The van der Waals surface area contributed by atoms with E-state index in [4.69, 9.17) is 9.47 Å². The minimum absolute atomic E-state index is 0.00136. The fourth-order valence-corrected chi connectivity index (χ4v) is 12.7. The van der Waals surface area contributed by atoms with Crippen LogP contribution in [0, 0.1) is 52.3 Å². The van der Waals surface area contributed by atoms with Gasteiger partial charge in [-0.2, -0.15) is 0 Å². The normalized spacial score (nSPS) is 46.8. The van der Waals surface area contributed by atoms with Crippen molar-refractivity contribution in [2.45, 2.75) is 123 Å². The first-order valence-corrected chi connectivity index (χ1v) is 19.7. The van der Waals surface area contributed by atoms with E-state index in [1.54, 1.807) is 0 Å². The summed E-state index contributed by atoms with van der Waals surface area (Å²) in [5.74, 6) is 4.36. The van der Waals surface area contributed by atoms with E-state index >= 15 is 0 Å². The second kappa shape index (κ2) is 13.2. The Morgan fingerprint density at radius 2 is 1.70 bits per heavy atom. The molecule has 0 bridgehead atoms. The number of nitrogens with one attached hydrogen (secondary N) is 1. The van der Waals surface area contributed by atoms with Crippen LogP contribution in [0.1, 0.15) is 105 Å². The third kappa shape index (κ3) is 6.22. The molecule has 7 rings (SSSR count). The predicted molar refractivity (Wildman–Crippen MR) is 184 cm³/mol. The topological polar surface area (TPSA) is 74.3 Å². The summed E-state index contributed by atoms with van der Waals surface area (Å²) in [7, 11) is 4.21. The molecule has 7 fully saturated rings. The molecule has 0 radical (unpaired) electrons. The molecule has 0 aromatic rings. The minimum Gasteiger partial charge on any atom is -0.353 e. The summed E-state index contributed by atoms with van der Waals surface area (Å²) in [4.78, 5) is 32.9. The van der Waals surface area contributed by atoms with Gasteiger partial charge in [-0.3, -0.25) is 9.59 Å². The molecule has 2 unspecified atom stereocenters. The lowest BCUT2D eigenvalue weighted by Gasteiger charge is -2.61. The number of carbonyl (C=O) groups excluding carboxylic acids is 2. The molecule has 0 aromatic carbocycles. The summed E-state index contributed by atoms with van der Waals surface area (Å²) >= 11 is 0. The van der Waals surface area contributed by atoms with Crippen molar-refractivity contribution in [2.24, 2.45) is 52.3 Å². The van der Waals surface area contributed by atoms with Gasteiger partial charge in [0.2, 0.25) is 11.8 Å². The summed E-state index contributed by atoms with van der Waals surface area (Å²) in [6.45, 7) is 16.3. The van der Waals surface area contributed by atoms with E-state index in [1.807, 2.05) is 4.90 Å². The highest BCUT2D eigenvalue weighted by atomic mass is 16.7. The number of amides is 2. The Bertz CT molecular complexity index is 1160. The average molecular weight is 655 g/mol. The molecule has 2 amide bonds. The quantitative estimate of drug-likeness (QED) is 0.387. The first-order chi connectivity index (χ1) is 22.4. The number of hydrogen-bond donors (Lipinski definition) is 1. The Labute approximate surface area is 285 Å². The van der Waals surface area contributed by atoms with Gasteiger partial charge in [-0.1, -0.05) is 27.7 Å². The van der Waals surface area contributed by atoms with Crippen LogP contribution >= 0.6 is 0 Å². The Hall–Kier alpha value is -1.22. The lowest BCUT2D eigenvalue weighted by molar-refractivity contribution is -0.273. The van der Waals surface area contributed by atoms with Crippen LogP contribution in [0.3, 0.4) is 0 Å². The van der Waals surface area contributed by atoms with Crippen molar-refractivity contribution in [3.05, 3.63) is 0 Å². The van der Waals surface area contributed by atoms with Crippen LogP contribution in [0.25, 0.3) is 0 Å². The van der Waals surface area contributed by atoms with Gasteiger partial charge in [-0.15, -0.1) is 0 Å². The lowest BCUT2D eigenvalue weighted by atomic mass is 9.44. The highest BCUT2D eigenvalue weighted by Crippen LogP contribution is 2.71. The maximum Gasteiger partial charge on any atom is 0.232 e. The van der Waals surface area contributed by atoms with Gasteiger partial charge in [0, 0.05) is 51.1 Å².